The maximum Gasteiger partial charge on any atom is 0.243 e. The highest BCUT2D eigenvalue weighted by molar-refractivity contribution is 9.10. The van der Waals surface area contributed by atoms with Crippen LogP contribution in [-0.4, -0.2) is 18.6 Å². The standard InChI is InChI=1S/C18H21BrN2O2/c1-12(2)23-17-7-5-4-6-16(17)20-11-18(22)21-15-9-8-13(3)10-14(15)19/h4-10,12,20H,11H2,1-3H3,(H,21,22). The van der Waals surface area contributed by atoms with E-state index >= 15 is 0 Å². The molecule has 0 radical (unpaired) electrons. The molecule has 0 bridgehead atoms. The van der Waals surface area contributed by atoms with Gasteiger partial charge in [-0.25, -0.2) is 0 Å². The summed E-state index contributed by atoms with van der Waals surface area (Å²) in [7, 11) is 0. The van der Waals surface area contributed by atoms with Gasteiger partial charge in [0.2, 0.25) is 5.91 Å². The van der Waals surface area contributed by atoms with E-state index in [4.69, 9.17) is 4.74 Å². The van der Waals surface area contributed by atoms with E-state index in [1.807, 2.05) is 63.2 Å². The molecule has 1 amide bonds. The van der Waals surface area contributed by atoms with Crippen molar-refractivity contribution in [3.05, 3.63) is 52.5 Å². The fourth-order valence-corrected chi connectivity index (χ4v) is 2.65. The molecule has 2 rings (SSSR count). The number of carbonyl (C=O) groups is 1. The zero-order valence-corrected chi connectivity index (χ0v) is 15.1. The van der Waals surface area contributed by atoms with Crippen LogP contribution in [0.4, 0.5) is 11.4 Å². The van der Waals surface area contributed by atoms with E-state index in [-0.39, 0.29) is 18.6 Å². The summed E-state index contributed by atoms with van der Waals surface area (Å²) in [5.41, 5.74) is 2.70. The lowest BCUT2D eigenvalue weighted by Gasteiger charge is -2.15. The number of amides is 1. The lowest BCUT2D eigenvalue weighted by molar-refractivity contribution is -0.114. The van der Waals surface area contributed by atoms with E-state index in [1.165, 1.54) is 0 Å². The van der Waals surface area contributed by atoms with Gasteiger partial charge in [-0.15, -0.1) is 0 Å². The molecule has 2 aromatic carbocycles. The third kappa shape index (κ3) is 5.28. The number of anilines is 2. The fraction of sp³-hybridized carbons (Fsp3) is 0.278. The van der Waals surface area contributed by atoms with Crippen molar-refractivity contribution < 1.29 is 9.53 Å². The van der Waals surface area contributed by atoms with Crippen molar-refractivity contribution in [1.29, 1.82) is 0 Å². The monoisotopic (exact) mass is 376 g/mol. The fourth-order valence-electron chi connectivity index (χ4n) is 2.06. The lowest BCUT2D eigenvalue weighted by atomic mass is 10.2. The minimum absolute atomic E-state index is 0.0790. The Labute approximate surface area is 145 Å². The molecule has 0 saturated carbocycles. The summed E-state index contributed by atoms with van der Waals surface area (Å²) in [5, 5.41) is 6.00. The Bertz CT molecular complexity index is 686. The molecule has 0 saturated heterocycles. The molecule has 0 atom stereocenters. The van der Waals surface area contributed by atoms with Crippen LogP contribution >= 0.6 is 15.9 Å². The molecule has 0 aliphatic rings. The number of rotatable bonds is 6. The van der Waals surface area contributed by atoms with Gasteiger partial charge in [-0.1, -0.05) is 18.2 Å². The van der Waals surface area contributed by atoms with Gasteiger partial charge in [-0.3, -0.25) is 4.79 Å². The van der Waals surface area contributed by atoms with Crippen LogP contribution in [0.5, 0.6) is 5.75 Å². The molecule has 5 heteroatoms. The van der Waals surface area contributed by atoms with Gasteiger partial charge >= 0.3 is 0 Å². The summed E-state index contributed by atoms with van der Waals surface area (Å²) in [5.74, 6) is 0.626. The summed E-state index contributed by atoms with van der Waals surface area (Å²) in [6.45, 7) is 6.11. The van der Waals surface area contributed by atoms with E-state index in [0.29, 0.717) is 0 Å². The number of para-hydroxylation sites is 2. The number of hydrogen-bond donors (Lipinski definition) is 2. The Morgan fingerprint density at radius 1 is 1.17 bits per heavy atom. The van der Waals surface area contributed by atoms with Gasteiger partial charge in [-0.2, -0.15) is 0 Å². The normalized spacial score (nSPS) is 10.5. The molecule has 23 heavy (non-hydrogen) atoms. The summed E-state index contributed by atoms with van der Waals surface area (Å²) in [6, 6.07) is 13.4. The molecule has 0 unspecified atom stereocenters. The van der Waals surface area contributed by atoms with E-state index in [9.17, 15) is 4.79 Å². The molecule has 0 aromatic heterocycles. The topological polar surface area (TPSA) is 50.4 Å². The first-order chi connectivity index (χ1) is 11.0. The molecule has 2 N–H and O–H groups in total. The zero-order chi connectivity index (χ0) is 16.8. The number of halogens is 1. The van der Waals surface area contributed by atoms with E-state index in [0.717, 1.165) is 27.2 Å². The van der Waals surface area contributed by atoms with Gasteiger partial charge in [-0.05, 0) is 66.5 Å². The second-order valence-corrected chi connectivity index (χ2v) is 6.40. The van der Waals surface area contributed by atoms with Crippen molar-refractivity contribution >= 4 is 33.2 Å². The first-order valence-corrected chi connectivity index (χ1v) is 8.30. The third-order valence-electron chi connectivity index (χ3n) is 3.09. The molecule has 2 aromatic rings. The first kappa shape index (κ1) is 17.3. The highest BCUT2D eigenvalue weighted by atomic mass is 79.9. The van der Waals surface area contributed by atoms with Crippen LogP contribution in [0.15, 0.2) is 46.9 Å². The number of ether oxygens (including phenoxy) is 1. The van der Waals surface area contributed by atoms with Crippen LogP contribution in [0.3, 0.4) is 0 Å². The summed E-state index contributed by atoms with van der Waals surface area (Å²) in [6.07, 6.45) is 0.0790. The summed E-state index contributed by atoms with van der Waals surface area (Å²) in [4.78, 5) is 12.1. The predicted molar refractivity (Wildman–Crippen MR) is 98.2 cm³/mol. The largest absolute Gasteiger partial charge is 0.489 e. The number of benzene rings is 2. The second-order valence-electron chi connectivity index (χ2n) is 5.55. The van der Waals surface area contributed by atoms with Crippen molar-refractivity contribution in [2.45, 2.75) is 26.9 Å². The van der Waals surface area contributed by atoms with Gasteiger partial charge in [0, 0.05) is 4.47 Å². The maximum absolute atomic E-state index is 12.1. The molecule has 4 nitrogen and oxygen atoms in total. The molecule has 122 valence electrons. The molecular formula is C18H21BrN2O2. The Balaban J connectivity index is 1.97. The number of nitrogens with one attached hydrogen (secondary N) is 2. The van der Waals surface area contributed by atoms with Crippen molar-refractivity contribution in [3.8, 4) is 5.75 Å². The molecule has 0 aliphatic heterocycles. The van der Waals surface area contributed by atoms with Gasteiger partial charge in [0.25, 0.3) is 0 Å². The summed E-state index contributed by atoms with van der Waals surface area (Å²) < 4.78 is 6.60. The number of aryl methyl sites for hydroxylation is 1. The molecule has 0 fully saturated rings. The Morgan fingerprint density at radius 3 is 2.61 bits per heavy atom. The maximum atomic E-state index is 12.1. The van der Waals surface area contributed by atoms with Crippen LogP contribution in [0.25, 0.3) is 0 Å². The van der Waals surface area contributed by atoms with E-state index in [2.05, 4.69) is 26.6 Å². The van der Waals surface area contributed by atoms with Crippen molar-refractivity contribution in [2.24, 2.45) is 0 Å². The van der Waals surface area contributed by atoms with Crippen molar-refractivity contribution in [3.63, 3.8) is 0 Å². The second kappa shape index (κ2) is 8.02. The van der Waals surface area contributed by atoms with Crippen LogP contribution < -0.4 is 15.4 Å². The molecule has 0 spiro atoms. The Morgan fingerprint density at radius 2 is 1.91 bits per heavy atom. The van der Waals surface area contributed by atoms with E-state index in [1.54, 1.807) is 0 Å². The van der Waals surface area contributed by atoms with Crippen LogP contribution in [0.1, 0.15) is 19.4 Å². The van der Waals surface area contributed by atoms with Gasteiger partial charge < -0.3 is 15.4 Å². The summed E-state index contributed by atoms with van der Waals surface area (Å²) >= 11 is 3.46. The Kier molecular flexibility index (Phi) is 6.04. The molecule has 0 heterocycles. The third-order valence-corrected chi connectivity index (χ3v) is 3.74. The Hall–Kier alpha value is -2.01. The molecule has 0 aliphatic carbocycles. The quantitative estimate of drug-likeness (QED) is 0.774. The highest BCUT2D eigenvalue weighted by Crippen LogP contribution is 2.25. The van der Waals surface area contributed by atoms with Crippen LogP contribution in [0, 0.1) is 6.92 Å². The van der Waals surface area contributed by atoms with Crippen LogP contribution in [0.2, 0.25) is 0 Å². The average molecular weight is 377 g/mol. The zero-order valence-electron chi connectivity index (χ0n) is 13.5. The van der Waals surface area contributed by atoms with Crippen LogP contribution in [-0.2, 0) is 4.79 Å². The van der Waals surface area contributed by atoms with Gasteiger partial charge in [0.1, 0.15) is 5.75 Å². The van der Waals surface area contributed by atoms with Crippen molar-refractivity contribution in [1.82, 2.24) is 0 Å². The number of hydrogen-bond acceptors (Lipinski definition) is 3. The highest BCUT2D eigenvalue weighted by Gasteiger charge is 2.08. The smallest absolute Gasteiger partial charge is 0.243 e. The van der Waals surface area contributed by atoms with Crippen molar-refractivity contribution in [2.75, 3.05) is 17.2 Å². The molecular weight excluding hydrogens is 356 g/mol. The average Bonchev–Trinajstić information content (AvgIpc) is 2.49. The number of carbonyl (C=O) groups excluding carboxylic acids is 1. The minimum atomic E-state index is -0.117. The van der Waals surface area contributed by atoms with Gasteiger partial charge in [0.15, 0.2) is 0 Å². The van der Waals surface area contributed by atoms with Gasteiger partial charge in [0.05, 0.1) is 24.0 Å². The first-order valence-electron chi connectivity index (χ1n) is 7.51. The predicted octanol–water partition coefficient (Wildman–Crippen LogP) is 4.60. The minimum Gasteiger partial charge on any atom is -0.489 e. The SMILES string of the molecule is Cc1ccc(NC(=O)CNc2ccccc2OC(C)C)c(Br)c1. The van der Waals surface area contributed by atoms with E-state index < -0.39 is 0 Å². The lowest BCUT2D eigenvalue weighted by Crippen LogP contribution is -2.22.